The molecular formula is C14H24N2O3. The Morgan fingerprint density at radius 3 is 2.32 bits per heavy atom. The van der Waals surface area contributed by atoms with Crippen LogP contribution in [-0.4, -0.2) is 49.6 Å². The first-order valence-corrected chi connectivity index (χ1v) is 6.95. The molecule has 1 saturated carbocycles. The molecule has 1 fully saturated rings. The maximum atomic E-state index is 11.7. The summed E-state index contributed by atoms with van der Waals surface area (Å²) in [5.41, 5.74) is 0. The number of Topliss-reactive ketones (excluding diaryl/α,β-unsaturated/α-hetero) is 2. The predicted octanol–water partition coefficient (Wildman–Crippen LogP) is 0.773. The van der Waals surface area contributed by atoms with Crippen molar-refractivity contribution in [1.82, 2.24) is 10.2 Å². The van der Waals surface area contributed by atoms with Crippen LogP contribution >= 0.6 is 0 Å². The molecule has 0 aromatic rings. The van der Waals surface area contributed by atoms with Crippen molar-refractivity contribution in [2.75, 3.05) is 27.2 Å². The lowest BCUT2D eigenvalue weighted by atomic mass is 10.1. The molecule has 1 N–H and O–H groups in total. The molecule has 0 atom stereocenters. The van der Waals surface area contributed by atoms with E-state index < -0.39 is 0 Å². The van der Waals surface area contributed by atoms with E-state index in [1.165, 1.54) is 0 Å². The second kappa shape index (κ2) is 8.04. The third kappa shape index (κ3) is 6.47. The van der Waals surface area contributed by atoms with E-state index in [9.17, 15) is 14.4 Å². The van der Waals surface area contributed by atoms with Crippen LogP contribution in [0.5, 0.6) is 0 Å². The SMILES string of the molecule is CN(C)CCC(=O)CC(=O)CNC(=O)C1CCCC1. The zero-order valence-electron chi connectivity index (χ0n) is 11.9. The van der Waals surface area contributed by atoms with Crippen molar-refractivity contribution in [3.8, 4) is 0 Å². The van der Waals surface area contributed by atoms with E-state index in [0.29, 0.717) is 13.0 Å². The highest BCUT2D eigenvalue weighted by Crippen LogP contribution is 2.24. The molecule has 1 rings (SSSR count). The summed E-state index contributed by atoms with van der Waals surface area (Å²) >= 11 is 0. The van der Waals surface area contributed by atoms with Crippen molar-refractivity contribution in [3.05, 3.63) is 0 Å². The second-order valence-electron chi connectivity index (χ2n) is 5.51. The Hall–Kier alpha value is -1.23. The highest BCUT2D eigenvalue weighted by atomic mass is 16.2. The smallest absolute Gasteiger partial charge is 0.223 e. The molecule has 0 saturated heterocycles. The van der Waals surface area contributed by atoms with Crippen LogP contribution in [0.4, 0.5) is 0 Å². The van der Waals surface area contributed by atoms with Crippen LogP contribution in [0, 0.1) is 5.92 Å². The van der Waals surface area contributed by atoms with Gasteiger partial charge in [0.25, 0.3) is 0 Å². The molecular weight excluding hydrogens is 244 g/mol. The fourth-order valence-electron chi connectivity index (χ4n) is 2.24. The Morgan fingerprint density at radius 1 is 1.11 bits per heavy atom. The van der Waals surface area contributed by atoms with Crippen molar-refractivity contribution in [1.29, 1.82) is 0 Å². The summed E-state index contributed by atoms with van der Waals surface area (Å²) in [6, 6.07) is 0. The van der Waals surface area contributed by atoms with Gasteiger partial charge in [-0.25, -0.2) is 0 Å². The van der Waals surface area contributed by atoms with Gasteiger partial charge in [0.15, 0.2) is 5.78 Å². The van der Waals surface area contributed by atoms with Crippen LogP contribution in [0.2, 0.25) is 0 Å². The van der Waals surface area contributed by atoms with E-state index in [4.69, 9.17) is 0 Å². The molecule has 108 valence electrons. The second-order valence-corrected chi connectivity index (χ2v) is 5.51. The van der Waals surface area contributed by atoms with Crippen LogP contribution in [0.1, 0.15) is 38.5 Å². The summed E-state index contributed by atoms with van der Waals surface area (Å²) in [6.07, 6.45) is 4.34. The number of ketones is 2. The third-order valence-electron chi connectivity index (χ3n) is 3.42. The van der Waals surface area contributed by atoms with Crippen LogP contribution < -0.4 is 5.32 Å². The number of nitrogens with one attached hydrogen (secondary N) is 1. The minimum absolute atomic E-state index is 0.0109. The highest BCUT2D eigenvalue weighted by Gasteiger charge is 2.22. The minimum Gasteiger partial charge on any atom is -0.349 e. The van der Waals surface area contributed by atoms with Gasteiger partial charge in [-0.3, -0.25) is 14.4 Å². The van der Waals surface area contributed by atoms with Gasteiger partial charge in [-0.1, -0.05) is 12.8 Å². The normalized spacial score (nSPS) is 15.7. The lowest BCUT2D eigenvalue weighted by Crippen LogP contribution is -2.34. The molecule has 0 radical (unpaired) electrons. The summed E-state index contributed by atoms with van der Waals surface area (Å²) in [7, 11) is 3.77. The molecule has 1 aliphatic rings. The minimum atomic E-state index is -0.199. The Balaban J connectivity index is 2.16. The van der Waals surface area contributed by atoms with Gasteiger partial charge in [0.1, 0.15) is 5.78 Å². The number of rotatable bonds is 8. The summed E-state index contributed by atoms with van der Waals surface area (Å²) in [5, 5.41) is 2.64. The Morgan fingerprint density at radius 2 is 1.74 bits per heavy atom. The Labute approximate surface area is 114 Å². The number of amides is 1. The fourth-order valence-corrected chi connectivity index (χ4v) is 2.24. The number of nitrogens with zero attached hydrogens (tertiary/aromatic N) is 1. The maximum Gasteiger partial charge on any atom is 0.223 e. The van der Waals surface area contributed by atoms with Crippen molar-refractivity contribution in [3.63, 3.8) is 0 Å². The van der Waals surface area contributed by atoms with Gasteiger partial charge in [0.05, 0.1) is 13.0 Å². The molecule has 1 amide bonds. The van der Waals surface area contributed by atoms with E-state index in [1.54, 1.807) is 0 Å². The van der Waals surface area contributed by atoms with Crippen molar-refractivity contribution < 1.29 is 14.4 Å². The number of carbonyl (C=O) groups excluding carboxylic acids is 3. The van der Waals surface area contributed by atoms with Crippen molar-refractivity contribution >= 4 is 17.5 Å². The molecule has 0 heterocycles. The molecule has 5 nitrogen and oxygen atoms in total. The number of carbonyl (C=O) groups is 3. The predicted molar refractivity (Wildman–Crippen MR) is 72.8 cm³/mol. The van der Waals surface area contributed by atoms with E-state index >= 15 is 0 Å². The van der Waals surface area contributed by atoms with Crippen molar-refractivity contribution in [2.45, 2.75) is 38.5 Å². The first-order valence-electron chi connectivity index (χ1n) is 6.95. The lowest BCUT2D eigenvalue weighted by Gasteiger charge is -2.10. The number of hydrogen-bond donors (Lipinski definition) is 1. The average molecular weight is 268 g/mol. The molecule has 1 aliphatic carbocycles. The van der Waals surface area contributed by atoms with Gasteiger partial charge in [0, 0.05) is 18.9 Å². The van der Waals surface area contributed by atoms with Gasteiger partial charge in [0.2, 0.25) is 5.91 Å². The highest BCUT2D eigenvalue weighted by molar-refractivity contribution is 6.01. The average Bonchev–Trinajstić information content (AvgIpc) is 2.87. The van der Waals surface area contributed by atoms with Crippen LogP contribution in [-0.2, 0) is 14.4 Å². The standard InChI is InChI=1S/C14H24N2O3/c1-16(2)8-7-12(17)9-13(18)10-15-14(19)11-5-3-4-6-11/h11H,3-10H2,1-2H3,(H,15,19). The molecule has 19 heavy (non-hydrogen) atoms. The fraction of sp³-hybridized carbons (Fsp3) is 0.786. The number of hydrogen-bond acceptors (Lipinski definition) is 4. The molecule has 0 aromatic heterocycles. The molecule has 5 heteroatoms. The zero-order valence-corrected chi connectivity index (χ0v) is 11.9. The van der Waals surface area contributed by atoms with Crippen LogP contribution in [0.25, 0.3) is 0 Å². The van der Waals surface area contributed by atoms with E-state index in [-0.39, 0.29) is 36.4 Å². The quantitative estimate of drug-likeness (QED) is 0.660. The van der Waals surface area contributed by atoms with E-state index in [1.807, 2.05) is 19.0 Å². The van der Waals surface area contributed by atoms with Crippen molar-refractivity contribution in [2.24, 2.45) is 5.92 Å². The Kier molecular flexibility index (Phi) is 6.70. The summed E-state index contributed by atoms with van der Waals surface area (Å²) in [5.74, 6) is -0.229. The van der Waals surface area contributed by atoms with Gasteiger partial charge in [-0.2, -0.15) is 0 Å². The van der Waals surface area contributed by atoms with E-state index in [2.05, 4.69) is 5.32 Å². The first kappa shape index (κ1) is 15.8. The summed E-state index contributed by atoms with van der Waals surface area (Å²) in [4.78, 5) is 36.7. The van der Waals surface area contributed by atoms with Crippen LogP contribution in [0.15, 0.2) is 0 Å². The largest absolute Gasteiger partial charge is 0.349 e. The molecule has 0 spiro atoms. The van der Waals surface area contributed by atoms with Gasteiger partial charge in [-0.05, 0) is 26.9 Å². The zero-order chi connectivity index (χ0) is 14.3. The topological polar surface area (TPSA) is 66.5 Å². The molecule has 0 aromatic carbocycles. The maximum absolute atomic E-state index is 11.7. The van der Waals surface area contributed by atoms with Gasteiger partial charge >= 0.3 is 0 Å². The first-order chi connectivity index (χ1) is 8.99. The van der Waals surface area contributed by atoms with E-state index in [0.717, 1.165) is 25.7 Å². The molecule has 0 aliphatic heterocycles. The lowest BCUT2D eigenvalue weighted by molar-refractivity contribution is -0.130. The molecule has 0 bridgehead atoms. The Bertz CT molecular complexity index is 334. The van der Waals surface area contributed by atoms with Crippen LogP contribution in [0.3, 0.4) is 0 Å². The summed E-state index contributed by atoms with van der Waals surface area (Å²) < 4.78 is 0. The third-order valence-corrected chi connectivity index (χ3v) is 3.42. The summed E-state index contributed by atoms with van der Waals surface area (Å²) in [6.45, 7) is 0.642. The van der Waals surface area contributed by atoms with Gasteiger partial charge in [-0.15, -0.1) is 0 Å². The monoisotopic (exact) mass is 268 g/mol. The van der Waals surface area contributed by atoms with Gasteiger partial charge < -0.3 is 10.2 Å². The molecule has 0 unspecified atom stereocenters.